The third kappa shape index (κ3) is 4.99. The van der Waals surface area contributed by atoms with Crippen LogP contribution in [0.5, 0.6) is 0 Å². The van der Waals surface area contributed by atoms with Crippen molar-refractivity contribution < 1.29 is 13.2 Å². The zero-order valence-electron chi connectivity index (χ0n) is 10.2. The van der Waals surface area contributed by atoms with Crippen molar-refractivity contribution in [2.75, 3.05) is 6.26 Å². The van der Waals surface area contributed by atoms with E-state index in [2.05, 4.69) is 5.32 Å². The molecule has 0 radical (unpaired) electrons. The van der Waals surface area contributed by atoms with Crippen LogP contribution in [0.15, 0.2) is 24.3 Å². The van der Waals surface area contributed by atoms with Crippen LogP contribution in [0.1, 0.15) is 29.8 Å². The predicted molar refractivity (Wildman–Crippen MR) is 67.6 cm³/mol. The summed E-state index contributed by atoms with van der Waals surface area (Å²) in [6.45, 7) is 3.77. The Kier molecular flexibility index (Phi) is 4.28. The Morgan fingerprint density at radius 1 is 1.24 bits per heavy atom. The third-order valence-corrected chi connectivity index (χ3v) is 2.92. The van der Waals surface area contributed by atoms with Gasteiger partial charge in [0.15, 0.2) is 9.84 Å². The molecule has 0 bridgehead atoms. The maximum Gasteiger partial charge on any atom is 0.251 e. The van der Waals surface area contributed by atoms with Gasteiger partial charge >= 0.3 is 0 Å². The van der Waals surface area contributed by atoms with Gasteiger partial charge in [0.05, 0.1) is 5.75 Å². The number of sulfone groups is 1. The molecular weight excluding hydrogens is 238 g/mol. The van der Waals surface area contributed by atoms with Crippen LogP contribution < -0.4 is 5.32 Å². The van der Waals surface area contributed by atoms with Gasteiger partial charge in [-0.25, -0.2) is 8.42 Å². The molecular formula is C12H17NO3S. The molecule has 0 unspecified atom stereocenters. The fourth-order valence-electron chi connectivity index (χ4n) is 1.40. The van der Waals surface area contributed by atoms with Gasteiger partial charge in [-0.1, -0.05) is 12.1 Å². The SMILES string of the molecule is CC(C)NC(=O)c1ccc(CS(C)(=O)=O)cc1. The second-order valence-corrected chi connectivity index (χ2v) is 6.54. The Balaban J connectivity index is 2.78. The van der Waals surface area contributed by atoms with Gasteiger partial charge in [-0.3, -0.25) is 4.79 Å². The van der Waals surface area contributed by atoms with Crippen LogP contribution in [0, 0.1) is 0 Å². The van der Waals surface area contributed by atoms with Crippen LogP contribution in [0.3, 0.4) is 0 Å². The summed E-state index contributed by atoms with van der Waals surface area (Å²) in [5.74, 6) is -0.148. The number of rotatable bonds is 4. The first-order valence-corrected chi connectivity index (χ1v) is 7.41. The minimum atomic E-state index is -3.03. The number of carbonyl (C=O) groups is 1. The van der Waals surface area contributed by atoms with E-state index in [9.17, 15) is 13.2 Å². The molecule has 0 saturated carbocycles. The molecule has 1 aromatic carbocycles. The van der Waals surface area contributed by atoms with Crippen molar-refractivity contribution in [2.45, 2.75) is 25.6 Å². The quantitative estimate of drug-likeness (QED) is 0.883. The molecule has 94 valence electrons. The standard InChI is InChI=1S/C12H17NO3S/c1-9(2)13-12(14)11-6-4-10(5-7-11)8-17(3,15)16/h4-7,9H,8H2,1-3H3,(H,13,14). The molecule has 1 aromatic rings. The van der Waals surface area contributed by atoms with Gasteiger partial charge in [-0.2, -0.15) is 0 Å². The predicted octanol–water partition coefficient (Wildman–Crippen LogP) is 1.37. The first-order chi connectivity index (χ1) is 7.78. The Hall–Kier alpha value is -1.36. The summed E-state index contributed by atoms with van der Waals surface area (Å²) in [6, 6.07) is 6.68. The maximum absolute atomic E-state index is 11.6. The molecule has 0 atom stereocenters. The van der Waals surface area contributed by atoms with E-state index < -0.39 is 9.84 Å². The van der Waals surface area contributed by atoms with E-state index in [1.807, 2.05) is 13.8 Å². The van der Waals surface area contributed by atoms with Crippen molar-refractivity contribution in [3.8, 4) is 0 Å². The summed E-state index contributed by atoms with van der Waals surface area (Å²) in [5.41, 5.74) is 1.23. The molecule has 1 amide bonds. The second kappa shape index (κ2) is 5.31. The lowest BCUT2D eigenvalue weighted by molar-refractivity contribution is 0.0943. The molecule has 4 nitrogen and oxygen atoms in total. The molecule has 0 aliphatic rings. The molecule has 0 aliphatic carbocycles. The van der Waals surface area contributed by atoms with E-state index >= 15 is 0 Å². The number of nitrogens with one attached hydrogen (secondary N) is 1. The van der Waals surface area contributed by atoms with E-state index in [1.54, 1.807) is 24.3 Å². The number of hydrogen-bond acceptors (Lipinski definition) is 3. The van der Waals surface area contributed by atoms with Crippen LogP contribution in [0.25, 0.3) is 0 Å². The van der Waals surface area contributed by atoms with E-state index in [-0.39, 0.29) is 17.7 Å². The van der Waals surface area contributed by atoms with Gasteiger partial charge < -0.3 is 5.32 Å². The summed E-state index contributed by atoms with van der Waals surface area (Å²) >= 11 is 0. The average molecular weight is 255 g/mol. The molecule has 0 fully saturated rings. The highest BCUT2D eigenvalue weighted by Gasteiger charge is 2.08. The number of benzene rings is 1. The fourth-order valence-corrected chi connectivity index (χ4v) is 2.20. The summed E-state index contributed by atoms with van der Waals surface area (Å²) in [7, 11) is -3.03. The van der Waals surface area contributed by atoms with E-state index in [1.165, 1.54) is 6.26 Å². The highest BCUT2D eigenvalue weighted by Crippen LogP contribution is 2.08. The van der Waals surface area contributed by atoms with Gasteiger partial charge in [0, 0.05) is 17.9 Å². The molecule has 1 N–H and O–H groups in total. The van der Waals surface area contributed by atoms with Crippen LogP contribution in [-0.4, -0.2) is 26.6 Å². The summed E-state index contributed by atoms with van der Waals surface area (Å²) < 4.78 is 22.2. The second-order valence-electron chi connectivity index (χ2n) is 4.40. The van der Waals surface area contributed by atoms with Gasteiger partial charge in [0.25, 0.3) is 5.91 Å². The van der Waals surface area contributed by atoms with Crippen molar-refractivity contribution in [3.05, 3.63) is 35.4 Å². The molecule has 0 aliphatic heterocycles. The monoisotopic (exact) mass is 255 g/mol. The zero-order chi connectivity index (χ0) is 13.1. The molecule has 0 heterocycles. The highest BCUT2D eigenvalue weighted by atomic mass is 32.2. The molecule has 5 heteroatoms. The third-order valence-electron chi connectivity index (χ3n) is 2.06. The fraction of sp³-hybridized carbons (Fsp3) is 0.417. The van der Waals surface area contributed by atoms with Gasteiger partial charge in [0.2, 0.25) is 0 Å². The number of hydrogen-bond donors (Lipinski definition) is 1. The summed E-state index contributed by atoms with van der Waals surface area (Å²) in [5, 5.41) is 2.77. The van der Waals surface area contributed by atoms with Gasteiger partial charge in [-0.05, 0) is 31.5 Å². The van der Waals surface area contributed by atoms with Gasteiger partial charge in [-0.15, -0.1) is 0 Å². The van der Waals surface area contributed by atoms with Crippen molar-refractivity contribution >= 4 is 15.7 Å². The smallest absolute Gasteiger partial charge is 0.251 e. The van der Waals surface area contributed by atoms with Crippen LogP contribution in [-0.2, 0) is 15.6 Å². The lowest BCUT2D eigenvalue weighted by Gasteiger charge is -2.08. The molecule has 1 rings (SSSR count). The van der Waals surface area contributed by atoms with Gasteiger partial charge in [0.1, 0.15) is 0 Å². The molecule has 0 aromatic heterocycles. The van der Waals surface area contributed by atoms with E-state index in [0.29, 0.717) is 11.1 Å². The van der Waals surface area contributed by atoms with Crippen LogP contribution in [0.4, 0.5) is 0 Å². The Morgan fingerprint density at radius 3 is 2.18 bits per heavy atom. The van der Waals surface area contributed by atoms with Crippen molar-refractivity contribution in [1.29, 1.82) is 0 Å². The normalized spacial score (nSPS) is 11.5. The lowest BCUT2D eigenvalue weighted by atomic mass is 10.1. The Morgan fingerprint density at radius 2 is 1.76 bits per heavy atom. The highest BCUT2D eigenvalue weighted by molar-refractivity contribution is 7.89. The van der Waals surface area contributed by atoms with Crippen molar-refractivity contribution in [3.63, 3.8) is 0 Å². The largest absolute Gasteiger partial charge is 0.350 e. The lowest BCUT2D eigenvalue weighted by Crippen LogP contribution is -2.29. The molecule has 0 spiro atoms. The zero-order valence-corrected chi connectivity index (χ0v) is 11.0. The summed E-state index contributed by atoms with van der Waals surface area (Å²) in [4.78, 5) is 11.6. The topological polar surface area (TPSA) is 63.2 Å². The summed E-state index contributed by atoms with van der Waals surface area (Å²) in [6.07, 6.45) is 1.19. The maximum atomic E-state index is 11.6. The first-order valence-electron chi connectivity index (χ1n) is 5.35. The van der Waals surface area contributed by atoms with E-state index in [0.717, 1.165) is 0 Å². The number of amides is 1. The number of carbonyl (C=O) groups excluding carboxylic acids is 1. The first kappa shape index (κ1) is 13.7. The van der Waals surface area contributed by atoms with Crippen LogP contribution in [0.2, 0.25) is 0 Å². The Labute approximate surface area is 102 Å². The Bertz CT molecular complexity index is 489. The van der Waals surface area contributed by atoms with Crippen molar-refractivity contribution in [2.24, 2.45) is 0 Å². The van der Waals surface area contributed by atoms with Crippen molar-refractivity contribution in [1.82, 2.24) is 5.32 Å². The van der Waals surface area contributed by atoms with E-state index in [4.69, 9.17) is 0 Å². The van der Waals surface area contributed by atoms with Crippen LogP contribution >= 0.6 is 0 Å². The minimum absolute atomic E-state index is 0.000913. The molecule has 0 saturated heterocycles. The molecule has 17 heavy (non-hydrogen) atoms. The average Bonchev–Trinajstić information content (AvgIpc) is 2.15. The minimum Gasteiger partial charge on any atom is -0.350 e.